The Hall–Kier alpha value is -2.59. The van der Waals surface area contributed by atoms with E-state index in [2.05, 4.69) is 12.2 Å². The molecule has 0 aliphatic heterocycles. The van der Waals surface area contributed by atoms with Crippen molar-refractivity contribution in [3.05, 3.63) is 92.9 Å². The maximum Gasteiger partial charge on any atom is 0.256 e. The van der Waals surface area contributed by atoms with Gasteiger partial charge < -0.3 is 5.32 Å². The summed E-state index contributed by atoms with van der Waals surface area (Å²) in [6.07, 6.45) is 0.864. The van der Waals surface area contributed by atoms with Crippen LogP contribution in [0.25, 0.3) is 22.2 Å². The molecule has 3 aromatic carbocycles. The van der Waals surface area contributed by atoms with Crippen LogP contribution in [-0.4, -0.2) is 10.9 Å². The molecule has 0 fully saturated rings. The fraction of sp³-hybridized carbons (Fsp3) is 0.0833. The molecule has 4 rings (SSSR count). The number of nitrogens with zero attached hydrogens (tertiary/aromatic N) is 1. The molecular formula is C24H17Cl3N2O. The highest BCUT2D eigenvalue weighted by Gasteiger charge is 2.15. The van der Waals surface area contributed by atoms with Crippen LogP contribution in [0.4, 0.5) is 5.69 Å². The maximum absolute atomic E-state index is 13.2. The Labute approximate surface area is 189 Å². The zero-order chi connectivity index (χ0) is 21.3. The quantitative estimate of drug-likeness (QED) is 0.343. The van der Waals surface area contributed by atoms with Crippen LogP contribution in [0.5, 0.6) is 0 Å². The van der Waals surface area contributed by atoms with Gasteiger partial charge in [-0.1, -0.05) is 59.9 Å². The topological polar surface area (TPSA) is 42.0 Å². The molecule has 0 spiro atoms. The largest absolute Gasteiger partial charge is 0.322 e. The molecule has 6 heteroatoms. The highest BCUT2D eigenvalue weighted by molar-refractivity contribution is 6.42. The van der Waals surface area contributed by atoms with Crippen LogP contribution in [-0.2, 0) is 6.42 Å². The van der Waals surface area contributed by atoms with Crippen molar-refractivity contribution in [3.8, 4) is 11.3 Å². The first-order valence-electron chi connectivity index (χ1n) is 9.40. The summed E-state index contributed by atoms with van der Waals surface area (Å²) >= 11 is 18.1. The zero-order valence-corrected chi connectivity index (χ0v) is 18.3. The van der Waals surface area contributed by atoms with E-state index in [0.29, 0.717) is 32.0 Å². The lowest BCUT2D eigenvalue weighted by Crippen LogP contribution is -2.13. The number of halogens is 3. The highest BCUT2D eigenvalue weighted by atomic mass is 35.5. The molecule has 30 heavy (non-hydrogen) atoms. The lowest BCUT2D eigenvalue weighted by Gasteiger charge is -2.12. The molecule has 1 N–H and O–H groups in total. The lowest BCUT2D eigenvalue weighted by atomic mass is 10.0. The van der Waals surface area contributed by atoms with Crippen molar-refractivity contribution in [1.82, 2.24) is 4.98 Å². The molecule has 0 saturated heterocycles. The minimum atomic E-state index is -0.246. The number of aromatic nitrogens is 1. The Morgan fingerprint density at radius 2 is 1.67 bits per heavy atom. The number of hydrogen-bond acceptors (Lipinski definition) is 2. The molecule has 0 aliphatic carbocycles. The number of carbonyl (C=O) groups excluding carboxylic acids is 1. The molecule has 0 unspecified atom stereocenters. The number of rotatable bonds is 4. The van der Waals surface area contributed by atoms with Crippen molar-refractivity contribution in [2.75, 3.05) is 5.32 Å². The number of nitrogens with one attached hydrogen (secondary N) is 1. The Balaban J connectivity index is 1.83. The number of pyridine rings is 1. The van der Waals surface area contributed by atoms with E-state index in [1.807, 2.05) is 30.3 Å². The van der Waals surface area contributed by atoms with Gasteiger partial charge >= 0.3 is 0 Å². The normalized spacial score (nSPS) is 10.9. The van der Waals surface area contributed by atoms with Crippen molar-refractivity contribution >= 4 is 57.3 Å². The van der Waals surface area contributed by atoms with E-state index in [4.69, 9.17) is 39.8 Å². The Morgan fingerprint density at radius 3 is 2.37 bits per heavy atom. The standard InChI is InChI=1S/C24H17Cl3N2O/c1-2-14-3-10-22-18(11-14)19(13-23(29-22)15-4-6-16(25)7-5-15)24(30)28-17-8-9-20(26)21(27)12-17/h3-13H,2H2,1H3,(H,28,30). The van der Waals surface area contributed by atoms with Gasteiger partial charge in [0.2, 0.25) is 0 Å². The Morgan fingerprint density at radius 1 is 0.900 bits per heavy atom. The summed E-state index contributed by atoms with van der Waals surface area (Å²) in [5, 5.41) is 5.16. The first-order valence-corrected chi connectivity index (χ1v) is 10.5. The first-order chi connectivity index (χ1) is 14.4. The van der Waals surface area contributed by atoms with E-state index < -0.39 is 0 Å². The van der Waals surface area contributed by atoms with E-state index in [9.17, 15) is 4.79 Å². The van der Waals surface area contributed by atoms with Crippen LogP contribution in [0, 0.1) is 0 Å². The first kappa shape index (κ1) is 20.7. The van der Waals surface area contributed by atoms with E-state index in [0.717, 1.165) is 28.5 Å². The third kappa shape index (κ3) is 4.29. The Kier molecular flexibility index (Phi) is 5.96. The molecule has 150 valence electrons. The number of amides is 1. The predicted molar refractivity (Wildman–Crippen MR) is 126 cm³/mol. The van der Waals surface area contributed by atoms with Gasteiger partial charge in [-0.2, -0.15) is 0 Å². The average Bonchev–Trinajstić information content (AvgIpc) is 2.75. The summed E-state index contributed by atoms with van der Waals surface area (Å²) in [7, 11) is 0. The molecule has 1 amide bonds. The number of carbonyl (C=O) groups is 1. The number of fused-ring (bicyclic) bond motifs is 1. The lowest BCUT2D eigenvalue weighted by molar-refractivity contribution is 0.102. The summed E-state index contributed by atoms with van der Waals surface area (Å²) in [5.74, 6) is -0.246. The minimum absolute atomic E-state index is 0.246. The van der Waals surface area contributed by atoms with E-state index in [-0.39, 0.29) is 5.91 Å². The number of anilines is 1. The molecule has 1 aromatic heterocycles. The van der Waals surface area contributed by atoms with Crippen LogP contribution < -0.4 is 5.32 Å². The molecule has 0 atom stereocenters. The van der Waals surface area contributed by atoms with Gasteiger partial charge in [0.15, 0.2) is 0 Å². The second-order valence-electron chi connectivity index (χ2n) is 6.85. The van der Waals surface area contributed by atoms with Crippen molar-refractivity contribution in [2.24, 2.45) is 0 Å². The highest BCUT2D eigenvalue weighted by Crippen LogP contribution is 2.29. The predicted octanol–water partition coefficient (Wildman–Crippen LogP) is 7.68. The Bertz CT molecular complexity index is 1250. The molecule has 0 aliphatic rings. The average molecular weight is 456 g/mol. The van der Waals surface area contributed by atoms with Gasteiger partial charge in [-0.3, -0.25) is 4.79 Å². The SMILES string of the molecule is CCc1ccc2nc(-c3ccc(Cl)cc3)cc(C(=O)Nc3ccc(Cl)c(Cl)c3)c2c1. The molecule has 3 nitrogen and oxygen atoms in total. The third-order valence-corrected chi connectivity index (χ3v) is 5.83. The van der Waals surface area contributed by atoms with E-state index in [1.165, 1.54) is 0 Å². The van der Waals surface area contributed by atoms with Crippen molar-refractivity contribution < 1.29 is 4.79 Å². The van der Waals surface area contributed by atoms with Crippen LogP contribution in [0.2, 0.25) is 15.1 Å². The van der Waals surface area contributed by atoms with Crippen LogP contribution in [0.15, 0.2) is 66.7 Å². The molecule has 4 aromatic rings. The van der Waals surface area contributed by atoms with Crippen LogP contribution in [0.1, 0.15) is 22.8 Å². The summed E-state index contributed by atoms with van der Waals surface area (Å²) < 4.78 is 0. The van der Waals surface area contributed by atoms with Gasteiger partial charge in [0.05, 0.1) is 26.8 Å². The van der Waals surface area contributed by atoms with Crippen LogP contribution >= 0.6 is 34.8 Å². The number of hydrogen-bond donors (Lipinski definition) is 1. The van der Waals surface area contributed by atoms with Gasteiger partial charge in [0.1, 0.15) is 0 Å². The fourth-order valence-corrected chi connectivity index (χ4v) is 3.65. The smallest absolute Gasteiger partial charge is 0.256 e. The summed E-state index contributed by atoms with van der Waals surface area (Å²) in [6.45, 7) is 2.08. The third-order valence-electron chi connectivity index (χ3n) is 4.84. The fourth-order valence-electron chi connectivity index (χ4n) is 3.22. The molecular weight excluding hydrogens is 439 g/mol. The van der Waals surface area contributed by atoms with Crippen molar-refractivity contribution in [2.45, 2.75) is 13.3 Å². The zero-order valence-electron chi connectivity index (χ0n) is 16.0. The summed E-state index contributed by atoms with van der Waals surface area (Å²) in [4.78, 5) is 18.0. The second-order valence-corrected chi connectivity index (χ2v) is 8.10. The van der Waals surface area contributed by atoms with Gasteiger partial charge in [-0.15, -0.1) is 0 Å². The second kappa shape index (κ2) is 8.65. The van der Waals surface area contributed by atoms with Gasteiger partial charge in [0.25, 0.3) is 5.91 Å². The summed E-state index contributed by atoms with van der Waals surface area (Å²) in [6, 6.07) is 20.2. The van der Waals surface area contributed by atoms with Gasteiger partial charge in [-0.05, 0) is 60.5 Å². The maximum atomic E-state index is 13.2. The molecule has 0 radical (unpaired) electrons. The molecule has 0 bridgehead atoms. The van der Waals surface area contributed by atoms with E-state index >= 15 is 0 Å². The minimum Gasteiger partial charge on any atom is -0.322 e. The van der Waals surface area contributed by atoms with Gasteiger partial charge in [-0.25, -0.2) is 4.98 Å². The summed E-state index contributed by atoms with van der Waals surface area (Å²) in [5.41, 5.74) is 4.56. The van der Waals surface area contributed by atoms with Crippen molar-refractivity contribution in [3.63, 3.8) is 0 Å². The van der Waals surface area contributed by atoms with E-state index in [1.54, 1.807) is 36.4 Å². The molecule has 0 saturated carbocycles. The van der Waals surface area contributed by atoms with Gasteiger partial charge in [0, 0.05) is 21.7 Å². The van der Waals surface area contributed by atoms with Crippen LogP contribution in [0.3, 0.4) is 0 Å². The molecule has 1 heterocycles. The monoisotopic (exact) mass is 454 g/mol. The number of aryl methyl sites for hydroxylation is 1. The number of benzene rings is 3. The van der Waals surface area contributed by atoms with Crippen molar-refractivity contribution in [1.29, 1.82) is 0 Å².